The normalized spacial score (nSPS) is 16.7. The number of nitro groups is 1. The van der Waals surface area contributed by atoms with Crippen LogP contribution < -0.4 is 10.2 Å². The Morgan fingerprint density at radius 3 is 2.48 bits per heavy atom. The minimum absolute atomic E-state index is 0.0260. The number of carbonyl (C=O) groups is 2. The number of amides is 2. The summed E-state index contributed by atoms with van der Waals surface area (Å²) in [5.41, 5.74) is 1.20. The molecule has 1 heterocycles. The van der Waals surface area contributed by atoms with Crippen molar-refractivity contribution in [2.24, 2.45) is 0 Å². The molecule has 2 amide bonds. The Bertz CT molecular complexity index is 894. The Hall–Kier alpha value is -3.55. The summed E-state index contributed by atoms with van der Waals surface area (Å²) in [5, 5.41) is 13.4. The number of carbonyl (C=O) groups excluding carboxylic acids is 2. The number of anilines is 1. The molecule has 2 aromatic rings. The van der Waals surface area contributed by atoms with Crippen molar-refractivity contribution < 1.29 is 18.9 Å². The van der Waals surface area contributed by atoms with Crippen molar-refractivity contribution in [3.05, 3.63) is 76.1 Å². The van der Waals surface area contributed by atoms with E-state index in [4.69, 9.17) is 0 Å². The van der Waals surface area contributed by atoms with Crippen LogP contribution in [0.4, 0.5) is 15.8 Å². The van der Waals surface area contributed by atoms with E-state index in [9.17, 15) is 24.1 Å². The molecule has 8 heteroatoms. The van der Waals surface area contributed by atoms with E-state index in [1.807, 2.05) is 0 Å². The fourth-order valence-corrected chi connectivity index (χ4v) is 2.80. The van der Waals surface area contributed by atoms with Crippen LogP contribution in [0.1, 0.15) is 12.0 Å². The van der Waals surface area contributed by atoms with Gasteiger partial charge in [0.1, 0.15) is 5.82 Å². The van der Waals surface area contributed by atoms with E-state index >= 15 is 0 Å². The van der Waals surface area contributed by atoms with Crippen molar-refractivity contribution in [3.8, 4) is 0 Å². The van der Waals surface area contributed by atoms with Crippen molar-refractivity contribution in [1.29, 1.82) is 0 Å². The number of hydrogen-bond donors (Lipinski definition) is 1. The molecule has 2 aromatic carbocycles. The van der Waals surface area contributed by atoms with E-state index in [1.54, 1.807) is 0 Å². The minimum Gasteiger partial charge on any atom is -0.347 e. The first-order valence-corrected chi connectivity index (χ1v) is 8.21. The first kappa shape index (κ1) is 18.2. The average Bonchev–Trinajstić information content (AvgIpc) is 3.01. The van der Waals surface area contributed by atoms with Crippen LogP contribution in [-0.4, -0.2) is 29.3 Å². The SMILES string of the molecule is O=C(/C=C\c1ccc([N+](=O)[O-])cc1)N[C@H]1CC(=O)N(c2ccc(F)cc2)C1. The first-order valence-electron chi connectivity index (χ1n) is 8.21. The van der Waals surface area contributed by atoms with Gasteiger partial charge in [0.15, 0.2) is 0 Å². The van der Waals surface area contributed by atoms with Gasteiger partial charge >= 0.3 is 0 Å². The summed E-state index contributed by atoms with van der Waals surface area (Å²) < 4.78 is 13.0. The number of nitrogens with zero attached hydrogens (tertiary/aromatic N) is 2. The highest BCUT2D eigenvalue weighted by Gasteiger charge is 2.31. The molecule has 1 aliphatic heterocycles. The van der Waals surface area contributed by atoms with Gasteiger partial charge in [-0.25, -0.2) is 4.39 Å². The summed E-state index contributed by atoms with van der Waals surface area (Å²) in [4.78, 5) is 35.8. The maximum atomic E-state index is 13.0. The second-order valence-corrected chi connectivity index (χ2v) is 6.07. The zero-order valence-corrected chi connectivity index (χ0v) is 14.2. The molecule has 0 aromatic heterocycles. The van der Waals surface area contributed by atoms with E-state index in [-0.39, 0.29) is 35.8 Å². The van der Waals surface area contributed by atoms with Gasteiger partial charge in [-0.05, 0) is 48.0 Å². The van der Waals surface area contributed by atoms with E-state index in [1.165, 1.54) is 65.6 Å². The molecule has 1 saturated heterocycles. The summed E-state index contributed by atoms with van der Waals surface area (Å²) in [6.07, 6.45) is 3.01. The monoisotopic (exact) mass is 369 g/mol. The molecule has 3 rings (SSSR count). The highest BCUT2D eigenvalue weighted by molar-refractivity contribution is 5.98. The van der Waals surface area contributed by atoms with Gasteiger partial charge in [-0.15, -0.1) is 0 Å². The van der Waals surface area contributed by atoms with Crippen LogP contribution in [0, 0.1) is 15.9 Å². The number of hydrogen-bond acceptors (Lipinski definition) is 4. The zero-order chi connectivity index (χ0) is 19.4. The topological polar surface area (TPSA) is 92.5 Å². The molecule has 1 N–H and O–H groups in total. The van der Waals surface area contributed by atoms with Crippen LogP contribution in [0.2, 0.25) is 0 Å². The highest BCUT2D eigenvalue weighted by atomic mass is 19.1. The Kier molecular flexibility index (Phi) is 5.25. The molecule has 7 nitrogen and oxygen atoms in total. The zero-order valence-electron chi connectivity index (χ0n) is 14.2. The van der Waals surface area contributed by atoms with Gasteiger partial charge in [-0.2, -0.15) is 0 Å². The summed E-state index contributed by atoms with van der Waals surface area (Å²) in [6, 6.07) is 11.0. The molecule has 27 heavy (non-hydrogen) atoms. The Labute approximate surface area is 154 Å². The van der Waals surface area contributed by atoms with Gasteiger partial charge in [0.05, 0.1) is 11.0 Å². The molecule has 1 fully saturated rings. The van der Waals surface area contributed by atoms with Gasteiger partial charge in [0.2, 0.25) is 11.8 Å². The molecule has 0 unspecified atom stereocenters. The lowest BCUT2D eigenvalue weighted by Gasteiger charge is -2.16. The van der Waals surface area contributed by atoms with Crippen LogP contribution in [0.25, 0.3) is 6.08 Å². The van der Waals surface area contributed by atoms with Gasteiger partial charge < -0.3 is 10.2 Å². The molecule has 1 atom stereocenters. The molecule has 0 aliphatic carbocycles. The minimum atomic E-state index is -0.496. The third-order valence-electron chi connectivity index (χ3n) is 4.14. The number of nitrogens with one attached hydrogen (secondary N) is 1. The Balaban J connectivity index is 1.57. The fraction of sp³-hybridized carbons (Fsp3) is 0.158. The molecule has 1 aliphatic rings. The third kappa shape index (κ3) is 4.55. The van der Waals surface area contributed by atoms with Crippen LogP contribution in [-0.2, 0) is 9.59 Å². The number of rotatable bonds is 5. The standard InChI is InChI=1S/C19H16FN3O4/c20-14-4-8-16(9-5-14)22-12-15(11-19(22)25)21-18(24)10-3-13-1-6-17(7-2-13)23(26)27/h1-10,15H,11-12H2,(H,21,24)/b10-3-/t15-/m0/s1. The van der Waals surface area contributed by atoms with Gasteiger partial charge in [0.25, 0.3) is 5.69 Å². The quantitative estimate of drug-likeness (QED) is 0.498. The molecule has 0 spiro atoms. The predicted molar refractivity (Wildman–Crippen MR) is 97.4 cm³/mol. The van der Waals surface area contributed by atoms with E-state index in [0.717, 1.165) is 0 Å². The fourth-order valence-electron chi connectivity index (χ4n) is 2.80. The van der Waals surface area contributed by atoms with Crippen molar-refractivity contribution in [3.63, 3.8) is 0 Å². The summed E-state index contributed by atoms with van der Waals surface area (Å²) in [5.74, 6) is -0.898. The molecular formula is C19H16FN3O4. The molecular weight excluding hydrogens is 353 g/mol. The Morgan fingerprint density at radius 2 is 1.85 bits per heavy atom. The number of non-ortho nitro benzene ring substituents is 1. The molecule has 138 valence electrons. The van der Waals surface area contributed by atoms with Crippen LogP contribution in [0.5, 0.6) is 0 Å². The largest absolute Gasteiger partial charge is 0.347 e. The van der Waals surface area contributed by atoms with E-state index in [2.05, 4.69) is 5.32 Å². The number of halogens is 1. The second kappa shape index (κ2) is 7.77. The van der Waals surface area contributed by atoms with Gasteiger partial charge in [-0.3, -0.25) is 19.7 Å². The number of benzene rings is 2. The maximum absolute atomic E-state index is 13.0. The van der Waals surface area contributed by atoms with Crippen molar-refractivity contribution >= 4 is 29.3 Å². The third-order valence-corrected chi connectivity index (χ3v) is 4.14. The lowest BCUT2D eigenvalue weighted by Crippen LogP contribution is -2.36. The lowest BCUT2D eigenvalue weighted by molar-refractivity contribution is -0.384. The summed E-state index contributed by atoms with van der Waals surface area (Å²) in [7, 11) is 0. The van der Waals surface area contributed by atoms with E-state index in [0.29, 0.717) is 17.8 Å². The molecule has 0 bridgehead atoms. The van der Waals surface area contributed by atoms with Crippen molar-refractivity contribution in [1.82, 2.24) is 5.32 Å². The summed E-state index contributed by atoms with van der Waals surface area (Å²) >= 11 is 0. The Morgan fingerprint density at radius 1 is 1.19 bits per heavy atom. The lowest BCUT2D eigenvalue weighted by atomic mass is 10.2. The predicted octanol–water partition coefficient (Wildman–Crippen LogP) is 2.67. The smallest absolute Gasteiger partial charge is 0.269 e. The van der Waals surface area contributed by atoms with Gasteiger partial charge in [0, 0.05) is 36.9 Å². The first-order chi connectivity index (χ1) is 12.9. The average molecular weight is 369 g/mol. The van der Waals surface area contributed by atoms with Gasteiger partial charge in [-0.1, -0.05) is 0 Å². The maximum Gasteiger partial charge on any atom is 0.269 e. The highest BCUT2D eigenvalue weighted by Crippen LogP contribution is 2.22. The summed E-state index contributed by atoms with van der Waals surface area (Å²) in [6.45, 7) is 0.307. The molecule has 0 radical (unpaired) electrons. The number of nitro benzene ring substituents is 1. The molecule has 0 saturated carbocycles. The van der Waals surface area contributed by atoms with Crippen LogP contribution in [0.15, 0.2) is 54.6 Å². The van der Waals surface area contributed by atoms with Crippen molar-refractivity contribution in [2.75, 3.05) is 11.4 Å². The second-order valence-electron chi connectivity index (χ2n) is 6.07. The van der Waals surface area contributed by atoms with E-state index < -0.39 is 4.92 Å². The van der Waals surface area contributed by atoms with Crippen molar-refractivity contribution in [2.45, 2.75) is 12.5 Å². The van der Waals surface area contributed by atoms with Crippen LogP contribution in [0.3, 0.4) is 0 Å². The van der Waals surface area contributed by atoms with Crippen LogP contribution >= 0.6 is 0 Å².